The molecule has 0 saturated heterocycles. The SMILES string of the molecule is NCC(=O)NCC(=O)Nc1cccc(COC2CCCCC2)c1. The maximum atomic E-state index is 11.8. The van der Waals surface area contributed by atoms with Gasteiger partial charge < -0.3 is 21.1 Å². The minimum atomic E-state index is -0.352. The van der Waals surface area contributed by atoms with E-state index in [4.69, 9.17) is 10.5 Å². The zero-order valence-electron chi connectivity index (χ0n) is 13.3. The van der Waals surface area contributed by atoms with E-state index in [2.05, 4.69) is 10.6 Å². The first-order valence-electron chi connectivity index (χ1n) is 8.14. The van der Waals surface area contributed by atoms with Crippen molar-refractivity contribution < 1.29 is 14.3 Å². The van der Waals surface area contributed by atoms with E-state index in [-0.39, 0.29) is 24.9 Å². The molecule has 6 heteroatoms. The Labute approximate surface area is 136 Å². The summed E-state index contributed by atoms with van der Waals surface area (Å²) in [5, 5.41) is 5.18. The predicted molar refractivity (Wildman–Crippen MR) is 88.8 cm³/mol. The molecule has 2 rings (SSSR count). The molecule has 1 fully saturated rings. The molecule has 0 radical (unpaired) electrons. The Morgan fingerprint density at radius 3 is 2.70 bits per heavy atom. The number of anilines is 1. The minimum absolute atomic E-state index is 0.0845. The molecule has 0 spiro atoms. The van der Waals surface area contributed by atoms with Crippen LogP contribution in [0.1, 0.15) is 37.7 Å². The molecule has 4 N–H and O–H groups in total. The Kier molecular flexibility index (Phi) is 7.03. The lowest BCUT2D eigenvalue weighted by Gasteiger charge is -2.22. The molecule has 23 heavy (non-hydrogen) atoms. The minimum Gasteiger partial charge on any atom is -0.374 e. The van der Waals surface area contributed by atoms with Crippen LogP contribution >= 0.6 is 0 Å². The van der Waals surface area contributed by atoms with Crippen LogP contribution < -0.4 is 16.4 Å². The molecule has 126 valence electrons. The van der Waals surface area contributed by atoms with E-state index in [0.717, 1.165) is 18.4 Å². The van der Waals surface area contributed by atoms with Gasteiger partial charge in [0.05, 0.1) is 25.8 Å². The number of amides is 2. The van der Waals surface area contributed by atoms with E-state index < -0.39 is 0 Å². The van der Waals surface area contributed by atoms with Crippen molar-refractivity contribution in [2.45, 2.75) is 44.8 Å². The summed E-state index contributed by atoms with van der Waals surface area (Å²) in [6, 6.07) is 7.57. The molecule has 0 unspecified atom stereocenters. The summed E-state index contributed by atoms with van der Waals surface area (Å²) in [4.78, 5) is 22.8. The fourth-order valence-corrected chi connectivity index (χ4v) is 2.64. The number of nitrogens with two attached hydrogens (primary N) is 1. The normalized spacial score (nSPS) is 15.2. The third-order valence-corrected chi connectivity index (χ3v) is 3.88. The number of carbonyl (C=O) groups is 2. The van der Waals surface area contributed by atoms with Crippen molar-refractivity contribution in [2.75, 3.05) is 18.4 Å². The first kappa shape index (κ1) is 17.4. The highest BCUT2D eigenvalue weighted by atomic mass is 16.5. The van der Waals surface area contributed by atoms with Gasteiger partial charge in [-0.05, 0) is 30.5 Å². The summed E-state index contributed by atoms with van der Waals surface area (Å²) in [5.41, 5.74) is 6.89. The number of ether oxygens (including phenoxy) is 1. The highest BCUT2D eigenvalue weighted by molar-refractivity contribution is 5.94. The van der Waals surface area contributed by atoms with E-state index >= 15 is 0 Å². The van der Waals surface area contributed by atoms with Crippen molar-refractivity contribution in [1.82, 2.24) is 5.32 Å². The molecule has 0 atom stereocenters. The number of rotatable bonds is 7. The van der Waals surface area contributed by atoms with Crippen molar-refractivity contribution in [3.63, 3.8) is 0 Å². The van der Waals surface area contributed by atoms with Crippen LogP contribution in [0.15, 0.2) is 24.3 Å². The van der Waals surface area contributed by atoms with Gasteiger partial charge in [0.25, 0.3) is 0 Å². The average molecular weight is 319 g/mol. The standard InChI is InChI=1S/C17H25N3O3/c18-10-16(21)19-11-17(22)20-14-6-4-5-13(9-14)12-23-15-7-2-1-3-8-15/h4-6,9,15H,1-3,7-8,10-12,18H2,(H,19,21)(H,20,22). The first-order valence-corrected chi connectivity index (χ1v) is 8.14. The summed E-state index contributed by atoms with van der Waals surface area (Å²) >= 11 is 0. The van der Waals surface area contributed by atoms with Gasteiger partial charge in [-0.15, -0.1) is 0 Å². The molecule has 1 aliphatic carbocycles. The monoisotopic (exact) mass is 319 g/mol. The molecule has 1 aromatic carbocycles. The molecule has 6 nitrogen and oxygen atoms in total. The molecule has 1 saturated carbocycles. The van der Waals surface area contributed by atoms with Crippen LogP contribution in [0, 0.1) is 0 Å². The lowest BCUT2D eigenvalue weighted by Crippen LogP contribution is -2.36. The highest BCUT2D eigenvalue weighted by Gasteiger charge is 2.13. The van der Waals surface area contributed by atoms with Gasteiger partial charge in [0, 0.05) is 5.69 Å². The molecular weight excluding hydrogens is 294 g/mol. The molecule has 1 aliphatic rings. The molecule has 0 aromatic heterocycles. The third-order valence-electron chi connectivity index (χ3n) is 3.88. The second kappa shape index (κ2) is 9.27. The van der Waals surface area contributed by atoms with Crippen molar-refractivity contribution in [3.05, 3.63) is 29.8 Å². The fraction of sp³-hybridized carbons (Fsp3) is 0.529. The molecular formula is C17H25N3O3. The van der Waals surface area contributed by atoms with Crippen LogP contribution in [-0.2, 0) is 20.9 Å². The Bertz CT molecular complexity index is 528. The first-order chi connectivity index (χ1) is 11.2. The number of nitrogens with one attached hydrogen (secondary N) is 2. The maximum Gasteiger partial charge on any atom is 0.243 e. The van der Waals surface area contributed by atoms with E-state index in [1.807, 2.05) is 24.3 Å². The Balaban J connectivity index is 1.79. The fourth-order valence-electron chi connectivity index (χ4n) is 2.64. The van der Waals surface area contributed by atoms with Crippen LogP contribution in [0.25, 0.3) is 0 Å². The summed E-state index contributed by atoms with van der Waals surface area (Å²) in [6.45, 7) is 0.346. The van der Waals surface area contributed by atoms with Gasteiger partial charge in [-0.25, -0.2) is 0 Å². The third kappa shape index (κ3) is 6.38. The van der Waals surface area contributed by atoms with Gasteiger partial charge in [-0.2, -0.15) is 0 Å². The molecule has 1 aromatic rings. The lowest BCUT2D eigenvalue weighted by atomic mass is 9.98. The van der Waals surface area contributed by atoms with Crippen LogP contribution in [0.2, 0.25) is 0 Å². The van der Waals surface area contributed by atoms with Crippen LogP contribution in [0.5, 0.6) is 0 Å². The topological polar surface area (TPSA) is 93.5 Å². The summed E-state index contributed by atoms with van der Waals surface area (Å²) in [5.74, 6) is -0.632. The van der Waals surface area contributed by atoms with Gasteiger partial charge in [0.15, 0.2) is 0 Å². The quantitative estimate of drug-likeness (QED) is 0.711. The maximum absolute atomic E-state index is 11.8. The largest absolute Gasteiger partial charge is 0.374 e. The average Bonchev–Trinajstić information content (AvgIpc) is 2.59. The second-order valence-electron chi connectivity index (χ2n) is 5.80. The number of hydrogen-bond donors (Lipinski definition) is 3. The highest BCUT2D eigenvalue weighted by Crippen LogP contribution is 2.22. The van der Waals surface area contributed by atoms with E-state index in [0.29, 0.717) is 18.4 Å². The van der Waals surface area contributed by atoms with Crippen molar-refractivity contribution in [3.8, 4) is 0 Å². The number of benzene rings is 1. The van der Waals surface area contributed by atoms with Crippen molar-refractivity contribution in [1.29, 1.82) is 0 Å². The van der Waals surface area contributed by atoms with Gasteiger partial charge in [0.2, 0.25) is 11.8 Å². The molecule has 0 bridgehead atoms. The van der Waals surface area contributed by atoms with E-state index in [1.54, 1.807) is 0 Å². The van der Waals surface area contributed by atoms with Crippen molar-refractivity contribution >= 4 is 17.5 Å². The molecule has 2 amide bonds. The second-order valence-corrected chi connectivity index (χ2v) is 5.80. The lowest BCUT2D eigenvalue weighted by molar-refractivity contribution is -0.123. The van der Waals surface area contributed by atoms with Crippen LogP contribution in [0.4, 0.5) is 5.69 Å². The summed E-state index contributed by atoms with van der Waals surface area (Å²) < 4.78 is 5.94. The van der Waals surface area contributed by atoms with Crippen LogP contribution in [0.3, 0.4) is 0 Å². The van der Waals surface area contributed by atoms with Crippen molar-refractivity contribution in [2.24, 2.45) is 5.73 Å². The van der Waals surface area contributed by atoms with Gasteiger partial charge in [-0.1, -0.05) is 31.4 Å². The van der Waals surface area contributed by atoms with Gasteiger partial charge in [0.1, 0.15) is 0 Å². The summed E-state index contributed by atoms with van der Waals surface area (Å²) in [7, 11) is 0. The Hall–Kier alpha value is -1.92. The zero-order valence-corrected chi connectivity index (χ0v) is 13.3. The van der Waals surface area contributed by atoms with E-state index in [1.165, 1.54) is 19.3 Å². The Morgan fingerprint density at radius 2 is 1.96 bits per heavy atom. The van der Waals surface area contributed by atoms with Gasteiger partial charge in [-0.3, -0.25) is 9.59 Å². The number of carbonyl (C=O) groups excluding carboxylic acids is 2. The molecule has 0 heterocycles. The van der Waals surface area contributed by atoms with E-state index in [9.17, 15) is 9.59 Å². The summed E-state index contributed by atoms with van der Waals surface area (Å²) in [6.07, 6.45) is 6.43. The predicted octanol–water partition coefficient (Wildman–Crippen LogP) is 1.55. The Morgan fingerprint density at radius 1 is 1.17 bits per heavy atom. The smallest absolute Gasteiger partial charge is 0.243 e. The zero-order chi connectivity index (χ0) is 16.5. The van der Waals surface area contributed by atoms with Crippen LogP contribution in [-0.4, -0.2) is 31.0 Å². The van der Waals surface area contributed by atoms with Gasteiger partial charge >= 0.3 is 0 Å². The number of hydrogen-bond acceptors (Lipinski definition) is 4. The molecule has 0 aliphatic heterocycles.